The summed E-state index contributed by atoms with van der Waals surface area (Å²) in [7, 11) is 0. The quantitative estimate of drug-likeness (QED) is 0.701. The van der Waals surface area contributed by atoms with Crippen molar-refractivity contribution in [2.45, 2.75) is 45.3 Å². The third kappa shape index (κ3) is 4.62. The molecule has 0 aliphatic heterocycles. The average Bonchev–Trinajstić information content (AvgIpc) is 2.29. The van der Waals surface area contributed by atoms with E-state index in [1.54, 1.807) is 0 Å². The highest BCUT2D eigenvalue weighted by molar-refractivity contribution is 5.21. The lowest BCUT2D eigenvalue weighted by molar-refractivity contribution is -0.187. The minimum atomic E-state index is -0.358. The van der Waals surface area contributed by atoms with E-state index in [0.717, 1.165) is 18.6 Å². The van der Waals surface area contributed by atoms with Crippen molar-refractivity contribution < 1.29 is 14.2 Å². The lowest BCUT2D eigenvalue weighted by Gasteiger charge is -2.18. The molecule has 0 radical (unpaired) electrons. The number of hydrogen-bond acceptors (Lipinski definition) is 2. The molecule has 0 heterocycles. The Kier molecular flexibility index (Phi) is 5.86. The molecule has 1 aromatic rings. The van der Waals surface area contributed by atoms with Crippen LogP contribution in [-0.4, -0.2) is 12.2 Å². The van der Waals surface area contributed by atoms with Crippen LogP contribution < -0.4 is 4.74 Å². The molecule has 0 aromatic heterocycles. The number of para-hydroxylation sites is 1. The fourth-order valence-corrected chi connectivity index (χ4v) is 1.67. The number of benzene rings is 1. The monoisotopic (exact) mass is 226 g/mol. The van der Waals surface area contributed by atoms with Crippen LogP contribution in [0.25, 0.3) is 0 Å². The summed E-state index contributed by atoms with van der Waals surface area (Å²) >= 11 is 0. The molecule has 0 aliphatic carbocycles. The Hall–Kier alpha value is -1.09. The second-order valence-electron chi connectivity index (χ2n) is 3.98. The average molecular weight is 226 g/mol. The van der Waals surface area contributed by atoms with Crippen LogP contribution in [0.15, 0.2) is 30.3 Å². The van der Waals surface area contributed by atoms with E-state index in [4.69, 9.17) is 4.74 Å². The van der Waals surface area contributed by atoms with Crippen molar-refractivity contribution in [3.63, 3.8) is 0 Å². The number of halogens is 1. The normalized spacial score (nSPS) is 14.4. The van der Waals surface area contributed by atoms with Gasteiger partial charge in [0.25, 0.3) is 0 Å². The molecule has 0 fully saturated rings. The van der Waals surface area contributed by atoms with Crippen molar-refractivity contribution in [1.82, 2.24) is 0 Å². The molecule has 0 saturated heterocycles. The molecule has 1 aromatic carbocycles. The largest absolute Gasteiger partial charge is 0.491 e. The first-order valence-electron chi connectivity index (χ1n) is 5.75. The molecule has 0 amide bonds. The Morgan fingerprint density at radius 2 is 1.94 bits per heavy atom. The van der Waals surface area contributed by atoms with Gasteiger partial charge in [-0.3, -0.25) is 0 Å². The summed E-state index contributed by atoms with van der Waals surface area (Å²) in [5.74, 6) is 0.809. The van der Waals surface area contributed by atoms with Gasteiger partial charge >= 0.3 is 0 Å². The van der Waals surface area contributed by atoms with Crippen LogP contribution >= 0.6 is 0 Å². The van der Waals surface area contributed by atoms with Gasteiger partial charge in [-0.1, -0.05) is 31.5 Å². The second kappa shape index (κ2) is 7.23. The Labute approximate surface area is 96.3 Å². The van der Waals surface area contributed by atoms with Gasteiger partial charge in [0.2, 0.25) is 0 Å². The van der Waals surface area contributed by atoms with Crippen molar-refractivity contribution in [1.29, 1.82) is 0 Å². The highest BCUT2D eigenvalue weighted by atomic mass is 19.3. The van der Waals surface area contributed by atoms with Crippen LogP contribution in [0, 0.1) is 0 Å². The third-order valence-corrected chi connectivity index (χ3v) is 2.41. The number of ether oxygens (including phenoxy) is 1. The molecule has 1 rings (SSSR count). The van der Waals surface area contributed by atoms with E-state index >= 15 is 0 Å². The predicted molar refractivity (Wildman–Crippen MR) is 62.0 cm³/mol. The summed E-state index contributed by atoms with van der Waals surface area (Å²) in [6, 6.07) is 9.54. The van der Waals surface area contributed by atoms with E-state index in [0.29, 0.717) is 6.42 Å². The molecule has 0 saturated carbocycles. The zero-order valence-corrected chi connectivity index (χ0v) is 9.86. The van der Waals surface area contributed by atoms with Gasteiger partial charge < -0.3 is 4.74 Å². The van der Waals surface area contributed by atoms with E-state index in [-0.39, 0.29) is 12.2 Å². The van der Waals surface area contributed by atoms with Crippen molar-refractivity contribution in [2.75, 3.05) is 0 Å². The van der Waals surface area contributed by atoms with Crippen LogP contribution in [0.2, 0.25) is 0 Å². The van der Waals surface area contributed by atoms with E-state index < -0.39 is 0 Å². The maximum Gasteiger partial charge on any atom is 0.119 e. The first-order valence-corrected chi connectivity index (χ1v) is 5.75. The lowest BCUT2D eigenvalue weighted by atomic mass is 10.1. The SMILES string of the molecule is CCCC(CC(C)Oc1ccccc1)OF. The van der Waals surface area contributed by atoms with Crippen molar-refractivity contribution in [2.24, 2.45) is 0 Å². The molecule has 0 N–H and O–H groups in total. The Balaban J connectivity index is 2.37. The van der Waals surface area contributed by atoms with Gasteiger partial charge in [0.15, 0.2) is 0 Å². The van der Waals surface area contributed by atoms with E-state index in [1.807, 2.05) is 44.2 Å². The minimum Gasteiger partial charge on any atom is -0.491 e. The van der Waals surface area contributed by atoms with Crippen molar-refractivity contribution in [3.05, 3.63) is 30.3 Å². The summed E-state index contributed by atoms with van der Waals surface area (Å²) in [5, 5.41) is 0. The van der Waals surface area contributed by atoms with Crippen LogP contribution in [0.1, 0.15) is 33.1 Å². The molecule has 2 nitrogen and oxygen atoms in total. The summed E-state index contributed by atoms with van der Waals surface area (Å²) < 4.78 is 17.8. The zero-order chi connectivity index (χ0) is 11.8. The molecule has 0 bridgehead atoms. The van der Waals surface area contributed by atoms with Gasteiger partial charge in [0.1, 0.15) is 11.9 Å². The smallest absolute Gasteiger partial charge is 0.119 e. The first-order chi connectivity index (χ1) is 7.76. The topological polar surface area (TPSA) is 18.5 Å². The molecule has 2 unspecified atom stereocenters. The highest BCUT2D eigenvalue weighted by Crippen LogP contribution is 2.16. The zero-order valence-electron chi connectivity index (χ0n) is 9.86. The van der Waals surface area contributed by atoms with Crippen LogP contribution in [0.5, 0.6) is 5.75 Å². The van der Waals surface area contributed by atoms with Crippen LogP contribution in [0.4, 0.5) is 4.53 Å². The maximum atomic E-state index is 12.2. The molecule has 90 valence electrons. The summed E-state index contributed by atoms with van der Waals surface area (Å²) in [5.41, 5.74) is 0. The Morgan fingerprint density at radius 3 is 2.50 bits per heavy atom. The van der Waals surface area contributed by atoms with Gasteiger partial charge in [0.05, 0.1) is 6.10 Å². The molecule has 3 heteroatoms. The Bertz CT molecular complexity index is 277. The molecule has 0 spiro atoms. The maximum absolute atomic E-state index is 12.2. The van der Waals surface area contributed by atoms with Gasteiger partial charge in [-0.15, -0.1) is 0 Å². The molecule has 0 aliphatic rings. The molecule has 16 heavy (non-hydrogen) atoms. The van der Waals surface area contributed by atoms with E-state index in [9.17, 15) is 4.53 Å². The molecular formula is C13H19FO2. The van der Waals surface area contributed by atoms with Gasteiger partial charge in [0, 0.05) is 6.42 Å². The standard InChI is InChI=1S/C13H19FO2/c1-3-7-13(16-14)10-11(2)15-12-8-5-4-6-9-12/h4-6,8-9,11,13H,3,7,10H2,1-2H3. The predicted octanol–water partition coefficient (Wildman–Crippen LogP) is 3.91. The van der Waals surface area contributed by atoms with E-state index in [1.165, 1.54) is 0 Å². The highest BCUT2D eigenvalue weighted by Gasteiger charge is 2.14. The first kappa shape index (κ1) is 13.0. The van der Waals surface area contributed by atoms with E-state index in [2.05, 4.69) is 4.94 Å². The van der Waals surface area contributed by atoms with Crippen LogP contribution in [0.3, 0.4) is 0 Å². The van der Waals surface area contributed by atoms with Gasteiger partial charge in [-0.05, 0) is 30.0 Å². The third-order valence-electron chi connectivity index (χ3n) is 2.41. The fourth-order valence-electron chi connectivity index (χ4n) is 1.67. The summed E-state index contributed by atoms with van der Waals surface area (Å²) in [4.78, 5) is 3.92. The minimum absolute atomic E-state index is 0.0466. The van der Waals surface area contributed by atoms with Crippen molar-refractivity contribution in [3.8, 4) is 5.75 Å². The van der Waals surface area contributed by atoms with Gasteiger partial charge in [-0.25, -0.2) is 0 Å². The summed E-state index contributed by atoms with van der Waals surface area (Å²) in [6.07, 6.45) is 1.80. The second-order valence-corrected chi connectivity index (χ2v) is 3.98. The number of hydrogen-bond donors (Lipinski definition) is 0. The molecular weight excluding hydrogens is 207 g/mol. The molecule has 2 atom stereocenters. The number of rotatable bonds is 7. The van der Waals surface area contributed by atoms with Crippen molar-refractivity contribution >= 4 is 0 Å². The van der Waals surface area contributed by atoms with Crippen LogP contribution in [-0.2, 0) is 4.94 Å². The van der Waals surface area contributed by atoms with Gasteiger partial charge in [-0.2, -0.15) is 4.94 Å². The Morgan fingerprint density at radius 1 is 1.25 bits per heavy atom. The summed E-state index contributed by atoms with van der Waals surface area (Å²) in [6.45, 7) is 3.93. The lowest BCUT2D eigenvalue weighted by Crippen LogP contribution is -2.21. The fraction of sp³-hybridized carbons (Fsp3) is 0.538.